The first-order valence-electron chi connectivity index (χ1n) is 9.49. The van der Waals surface area contributed by atoms with Crippen LogP contribution in [0.25, 0.3) is 0 Å². The van der Waals surface area contributed by atoms with Gasteiger partial charge in [0, 0.05) is 25.2 Å². The molecule has 0 spiro atoms. The van der Waals surface area contributed by atoms with Gasteiger partial charge in [0.2, 0.25) is 15.9 Å². The molecule has 0 aromatic heterocycles. The second-order valence-corrected chi connectivity index (χ2v) is 9.05. The van der Waals surface area contributed by atoms with E-state index in [1.165, 1.54) is 16.4 Å². The minimum absolute atomic E-state index is 0.0778. The Kier molecular flexibility index (Phi) is 6.54. The number of hydrogen-bond donors (Lipinski definition) is 1. The van der Waals surface area contributed by atoms with E-state index in [-0.39, 0.29) is 17.3 Å². The summed E-state index contributed by atoms with van der Waals surface area (Å²) in [4.78, 5) is 12.7. The highest BCUT2D eigenvalue weighted by Crippen LogP contribution is 2.26. The summed E-state index contributed by atoms with van der Waals surface area (Å²) in [5, 5.41) is 2.88. The van der Waals surface area contributed by atoms with Crippen LogP contribution < -0.4 is 10.1 Å². The Morgan fingerprint density at radius 1 is 1.28 bits per heavy atom. The lowest BCUT2D eigenvalue weighted by Crippen LogP contribution is -2.45. The van der Waals surface area contributed by atoms with Gasteiger partial charge in [0.15, 0.2) is 0 Å². The Balaban J connectivity index is 1.69. The van der Waals surface area contributed by atoms with Crippen LogP contribution in [0.5, 0.6) is 5.75 Å². The number of nitrogens with one attached hydrogen (secondary N) is 1. The first-order valence-corrected chi connectivity index (χ1v) is 10.9. The summed E-state index contributed by atoms with van der Waals surface area (Å²) in [6, 6.07) is 11.0. The number of aryl methyl sites for hydroxylation is 1. The zero-order valence-electron chi connectivity index (χ0n) is 16.5. The van der Waals surface area contributed by atoms with E-state index in [1.807, 2.05) is 24.3 Å². The number of carbonyl (C=O) groups is 1. The molecular weight excluding hydrogens is 395 g/mol. The van der Waals surface area contributed by atoms with Crippen LogP contribution in [0.4, 0.5) is 4.39 Å². The third-order valence-electron chi connectivity index (χ3n) is 5.16. The van der Waals surface area contributed by atoms with E-state index < -0.39 is 21.8 Å². The van der Waals surface area contributed by atoms with Crippen LogP contribution in [0.3, 0.4) is 0 Å². The van der Waals surface area contributed by atoms with Crippen LogP contribution in [0, 0.1) is 18.7 Å². The number of sulfonamides is 1. The lowest BCUT2D eigenvalue weighted by Gasteiger charge is -2.31. The predicted octanol–water partition coefficient (Wildman–Crippen LogP) is 2.86. The number of carbonyl (C=O) groups excluding carboxylic acids is 1. The summed E-state index contributed by atoms with van der Waals surface area (Å²) in [7, 11) is -2.22. The van der Waals surface area contributed by atoms with Crippen LogP contribution in [0.1, 0.15) is 24.0 Å². The van der Waals surface area contributed by atoms with Gasteiger partial charge < -0.3 is 10.1 Å². The average Bonchev–Trinajstić information content (AvgIpc) is 2.72. The summed E-state index contributed by atoms with van der Waals surface area (Å²) in [5.41, 5.74) is 1.21. The average molecular weight is 421 g/mol. The van der Waals surface area contributed by atoms with Crippen LogP contribution >= 0.6 is 0 Å². The molecule has 1 heterocycles. The van der Waals surface area contributed by atoms with E-state index >= 15 is 0 Å². The van der Waals surface area contributed by atoms with Crippen LogP contribution in [0.15, 0.2) is 47.4 Å². The molecule has 2 aromatic rings. The number of nitrogens with zero attached hydrogens (tertiary/aromatic N) is 1. The number of ether oxygens (including phenoxy) is 1. The highest BCUT2D eigenvalue weighted by atomic mass is 32.2. The molecule has 0 aliphatic carbocycles. The van der Waals surface area contributed by atoms with Gasteiger partial charge in [-0.05, 0) is 49.6 Å². The molecule has 0 saturated carbocycles. The standard InChI is InChI=1S/C21H25FN2O4S/c1-15-12-18(22)9-10-20(15)29(26,27)24-11-5-7-17(14-24)21(25)23-13-16-6-3-4-8-19(16)28-2/h3-4,6,8-10,12,17H,5,7,11,13-14H2,1-2H3,(H,23,25). The molecule has 156 valence electrons. The van der Waals surface area contributed by atoms with Crippen LogP contribution in [-0.2, 0) is 21.4 Å². The van der Waals surface area contributed by atoms with E-state index in [0.29, 0.717) is 37.2 Å². The number of para-hydroxylation sites is 1. The molecule has 1 amide bonds. The molecule has 2 aromatic carbocycles. The molecule has 1 saturated heterocycles. The molecule has 6 nitrogen and oxygen atoms in total. The van der Waals surface area contributed by atoms with Gasteiger partial charge in [0.05, 0.1) is 17.9 Å². The monoisotopic (exact) mass is 420 g/mol. The van der Waals surface area contributed by atoms with Crippen molar-refractivity contribution in [2.24, 2.45) is 5.92 Å². The number of halogens is 1. The summed E-state index contributed by atoms with van der Waals surface area (Å²) in [5.74, 6) is -0.415. The molecule has 1 aliphatic heterocycles. The lowest BCUT2D eigenvalue weighted by molar-refractivity contribution is -0.126. The van der Waals surface area contributed by atoms with E-state index in [0.717, 1.165) is 11.6 Å². The van der Waals surface area contributed by atoms with Crippen molar-refractivity contribution in [3.8, 4) is 5.75 Å². The first kappa shape index (κ1) is 21.3. The third-order valence-corrected chi connectivity index (χ3v) is 7.18. The van der Waals surface area contributed by atoms with Gasteiger partial charge in [-0.25, -0.2) is 12.8 Å². The van der Waals surface area contributed by atoms with Gasteiger partial charge in [-0.1, -0.05) is 18.2 Å². The SMILES string of the molecule is COc1ccccc1CNC(=O)C1CCCN(S(=O)(=O)c2ccc(F)cc2C)C1. The Hall–Kier alpha value is -2.45. The fourth-order valence-electron chi connectivity index (χ4n) is 3.59. The number of benzene rings is 2. The Bertz CT molecular complexity index is 994. The summed E-state index contributed by atoms with van der Waals surface area (Å²) >= 11 is 0. The number of piperidine rings is 1. The Labute approximate surface area is 170 Å². The normalized spacial score (nSPS) is 17.7. The number of hydrogen-bond acceptors (Lipinski definition) is 4. The minimum Gasteiger partial charge on any atom is -0.496 e. The van der Waals surface area contributed by atoms with Crippen LogP contribution in [-0.4, -0.2) is 38.8 Å². The Morgan fingerprint density at radius 3 is 2.76 bits per heavy atom. The van der Waals surface area contributed by atoms with Crippen LogP contribution in [0.2, 0.25) is 0 Å². The first-order chi connectivity index (χ1) is 13.8. The van der Waals surface area contributed by atoms with E-state index in [9.17, 15) is 17.6 Å². The molecule has 1 fully saturated rings. The second-order valence-electron chi connectivity index (χ2n) is 7.14. The van der Waals surface area contributed by atoms with Gasteiger partial charge in [0.1, 0.15) is 11.6 Å². The highest BCUT2D eigenvalue weighted by Gasteiger charge is 2.34. The molecule has 1 N–H and O–H groups in total. The maximum Gasteiger partial charge on any atom is 0.243 e. The fourth-order valence-corrected chi connectivity index (χ4v) is 5.32. The van der Waals surface area contributed by atoms with Gasteiger partial charge in [-0.2, -0.15) is 4.31 Å². The van der Waals surface area contributed by atoms with Crippen molar-refractivity contribution in [2.45, 2.75) is 31.2 Å². The zero-order valence-corrected chi connectivity index (χ0v) is 17.3. The maximum atomic E-state index is 13.4. The quantitative estimate of drug-likeness (QED) is 0.780. The molecule has 29 heavy (non-hydrogen) atoms. The van der Waals surface area contributed by atoms with E-state index in [2.05, 4.69) is 5.32 Å². The molecule has 1 unspecified atom stereocenters. The van der Waals surface area contributed by atoms with Crippen molar-refractivity contribution in [2.75, 3.05) is 20.2 Å². The number of amides is 1. The van der Waals surface area contributed by atoms with Crippen molar-refractivity contribution >= 4 is 15.9 Å². The third kappa shape index (κ3) is 4.76. The van der Waals surface area contributed by atoms with Crippen molar-refractivity contribution in [3.63, 3.8) is 0 Å². The topological polar surface area (TPSA) is 75.7 Å². The van der Waals surface area contributed by atoms with Gasteiger partial charge in [-0.3, -0.25) is 4.79 Å². The number of rotatable bonds is 6. The zero-order chi connectivity index (χ0) is 21.0. The largest absolute Gasteiger partial charge is 0.496 e. The fraction of sp³-hybridized carbons (Fsp3) is 0.381. The van der Waals surface area contributed by atoms with Crippen molar-refractivity contribution in [1.82, 2.24) is 9.62 Å². The molecule has 0 bridgehead atoms. The highest BCUT2D eigenvalue weighted by molar-refractivity contribution is 7.89. The number of methoxy groups -OCH3 is 1. The van der Waals surface area contributed by atoms with E-state index in [4.69, 9.17) is 4.74 Å². The molecule has 1 atom stereocenters. The van der Waals surface area contributed by atoms with Gasteiger partial charge >= 0.3 is 0 Å². The molecular formula is C21H25FN2O4S. The van der Waals surface area contributed by atoms with Crippen molar-refractivity contribution < 1.29 is 22.3 Å². The second kappa shape index (κ2) is 8.92. The van der Waals surface area contributed by atoms with E-state index in [1.54, 1.807) is 14.0 Å². The summed E-state index contributed by atoms with van der Waals surface area (Å²) < 4.78 is 46.0. The smallest absolute Gasteiger partial charge is 0.243 e. The summed E-state index contributed by atoms with van der Waals surface area (Å²) in [6.45, 7) is 2.33. The molecule has 1 aliphatic rings. The molecule has 8 heteroatoms. The van der Waals surface area contributed by atoms with Crippen molar-refractivity contribution in [3.05, 3.63) is 59.4 Å². The predicted molar refractivity (Wildman–Crippen MR) is 107 cm³/mol. The van der Waals surface area contributed by atoms with Gasteiger partial charge in [-0.15, -0.1) is 0 Å². The van der Waals surface area contributed by atoms with Gasteiger partial charge in [0.25, 0.3) is 0 Å². The lowest BCUT2D eigenvalue weighted by atomic mass is 9.98. The van der Waals surface area contributed by atoms with Crippen molar-refractivity contribution in [1.29, 1.82) is 0 Å². The maximum absolute atomic E-state index is 13.4. The molecule has 0 radical (unpaired) electrons. The molecule has 3 rings (SSSR count). The minimum atomic E-state index is -3.79. The summed E-state index contributed by atoms with van der Waals surface area (Å²) in [6.07, 6.45) is 1.21. The Morgan fingerprint density at radius 2 is 2.03 bits per heavy atom.